The van der Waals surface area contributed by atoms with Crippen LogP contribution in [0, 0.1) is 0 Å². The molecule has 1 aromatic carbocycles. The van der Waals surface area contributed by atoms with Crippen molar-refractivity contribution in [3.63, 3.8) is 0 Å². The summed E-state index contributed by atoms with van der Waals surface area (Å²) >= 11 is 0. The van der Waals surface area contributed by atoms with Crippen molar-refractivity contribution in [3.8, 4) is 11.3 Å². The molecule has 0 saturated heterocycles. The van der Waals surface area contributed by atoms with E-state index in [9.17, 15) is 18.0 Å². The number of anilines is 1. The molecule has 4 rings (SSSR count). The quantitative estimate of drug-likeness (QED) is 0.735. The smallest absolute Gasteiger partial charge is 0.363 e. The molecule has 3 heterocycles. The molecule has 0 amide bonds. The highest BCUT2D eigenvalue weighted by atomic mass is 19.4. The number of fused-ring (bicyclic) bond motifs is 3. The lowest BCUT2D eigenvalue weighted by Crippen LogP contribution is -2.36. The van der Waals surface area contributed by atoms with Crippen LogP contribution < -0.4 is 10.3 Å². The predicted octanol–water partition coefficient (Wildman–Crippen LogP) is 3.77. The van der Waals surface area contributed by atoms with Gasteiger partial charge in [0.2, 0.25) is 5.43 Å². The molecule has 2 aliphatic heterocycles. The monoisotopic (exact) mass is 346 g/mol. The summed E-state index contributed by atoms with van der Waals surface area (Å²) in [6.07, 6.45) is -0.536. The van der Waals surface area contributed by atoms with Gasteiger partial charge in [0.15, 0.2) is 0 Å². The van der Waals surface area contributed by atoms with E-state index in [1.165, 1.54) is 12.1 Å². The van der Waals surface area contributed by atoms with Crippen molar-refractivity contribution < 1.29 is 13.2 Å². The molecule has 0 aliphatic carbocycles. The third kappa shape index (κ3) is 2.75. The lowest BCUT2D eigenvalue weighted by Gasteiger charge is -2.33. The third-order valence-corrected chi connectivity index (χ3v) is 4.93. The molecule has 0 fully saturated rings. The number of hydrogen-bond acceptors (Lipinski definition) is 2. The molecule has 2 aromatic rings. The molecule has 25 heavy (non-hydrogen) atoms. The summed E-state index contributed by atoms with van der Waals surface area (Å²) in [4.78, 5) is 14.4. The molecule has 0 atom stereocenters. The van der Waals surface area contributed by atoms with Crippen molar-refractivity contribution in [2.45, 2.75) is 25.6 Å². The second-order valence-electron chi connectivity index (χ2n) is 6.40. The number of aromatic nitrogens is 1. The van der Waals surface area contributed by atoms with Gasteiger partial charge >= 0.3 is 6.18 Å². The van der Waals surface area contributed by atoms with Crippen LogP contribution in [0.4, 0.5) is 18.9 Å². The summed E-state index contributed by atoms with van der Waals surface area (Å²) in [6, 6.07) is 9.42. The Kier molecular flexibility index (Phi) is 3.71. The summed E-state index contributed by atoms with van der Waals surface area (Å²) in [5.41, 5.74) is 2.83. The molecule has 0 radical (unpaired) electrons. The Hall–Kier alpha value is -2.50. The average molecular weight is 346 g/mol. The molecular weight excluding hydrogens is 329 g/mol. The maximum absolute atomic E-state index is 12.9. The highest BCUT2D eigenvalue weighted by molar-refractivity contribution is 5.79. The van der Waals surface area contributed by atoms with Crippen LogP contribution in [-0.2, 0) is 13.0 Å². The van der Waals surface area contributed by atoms with E-state index in [2.05, 4.69) is 0 Å². The Morgan fingerprint density at radius 3 is 2.52 bits per heavy atom. The molecule has 1 aromatic heterocycles. The Morgan fingerprint density at radius 2 is 1.80 bits per heavy atom. The third-order valence-electron chi connectivity index (χ3n) is 4.93. The maximum Gasteiger partial charge on any atom is 0.412 e. The fraction of sp³-hybridized carbons (Fsp3) is 0.316. The molecule has 0 spiro atoms. The molecule has 0 saturated carbocycles. The number of aryl methyl sites for hydroxylation is 2. The fourth-order valence-electron chi connectivity index (χ4n) is 3.68. The van der Waals surface area contributed by atoms with Gasteiger partial charge in [-0.1, -0.05) is 30.3 Å². The molecular formula is C19H17F3N2O. The maximum atomic E-state index is 12.9. The predicted molar refractivity (Wildman–Crippen MR) is 90.8 cm³/mol. The average Bonchev–Trinajstić information content (AvgIpc) is 2.61. The van der Waals surface area contributed by atoms with Crippen LogP contribution in [0.15, 0.2) is 53.0 Å². The largest absolute Gasteiger partial charge is 0.412 e. The second-order valence-corrected chi connectivity index (χ2v) is 6.40. The van der Waals surface area contributed by atoms with Crippen molar-refractivity contribution in [3.05, 3.63) is 64.0 Å². The van der Waals surface area contributed by atoms with Gasteiger partial charge in [-0.15, -0.1) is 0 Å². The zero-order valence-electron chi connectivity index (χ0n) is 13.5. The molecule has 0 bridgehead atoms. The Labute approximate surface area is 143 Å². The second kappa shape index (κ2) is 5.79. The van der Waals surface area contributed by atoms with Gasteiger partial charge in [0, 0.05) is 43.0 Å². The first-order valence-corrected chi connectivity index (χ1v) is 8.28. The number of alkyl halides is 3. The van der Waals surface area contributed by atoms with Gasteiger partial charge in [0.1, 0.15) is 5.69 Å². The summed E-state index contributed by atoms with van der Waals surface area (Å²) in [5.74, 6) is 0. The zero-order chi connectivity index (χ0) is 17.6. The number of halogens is 3. The number of hydrogen-bond donors (Lipinski definition) is 0. The molecule has 0 unspecified atom stereocenters. The number of rotatable bonds is 1. The van der Waals surface area contributed by atoms with Crippen molar-refractivity contribution in [1.29, 1.82) is 0 Å². The van der Waals surface area contributed by atoms with E-state index in [-0.39, 0.29) is 24.9 Å². The zero-order valence-corrected chi connectivity index (χ0v) is 13.5. The van der Waals surface area contributed by atoms with Crippen LogP contribution in [0.3, 0.4) is 0 Å². The molecule has 3 nitrogen and oxygen atoms in total. The highest BCUT2D eigenvalue weighted by Gasteiger charge is 2.35. The number of nitrogens with zero attached hydrogens (tertiary/aromatic N) is 2. The Bertz CT molecular complexity index is 912. The molecule has 2 aliphatic rings. The van der Waals surface area contributed by atoms with E-state index in [4.69, 9.17) is 0 Å². The van der Waals surface area contributed by atoms with Gasteiger partial charge in [0.25, 0.3) is 0 Å². The van der Waals surface area contributed by atoms with Crippen molar-refractivity contribution in [1.82, 2.24) is 4.57 Å². The van der Waals surface area contributed by atoms with Crippen LogP contribution >= 0.6 is 0 Å². The minimum atomic E-state index is -4.29. The standard InChI is InChI=1S/C19H17F3N2O/c20-19(21,22)14-6-10-24(11-7-14)18-16(25)8-12-23-9-5-13-3-1-2-4-15(13)17(18)23/h1-4,6,8,12H,5,7,9-11H2. The van der Waals surface area contributed by atoms with Gasteiger partial charge in [0.05, 0.1) is 5.69 Å². The van der Waals surface area contributed by atoms with Crippen LogP contribution in [0.2, 0.25) is 0 Å². The Balaban J connectivity index is 1.81. The molecule has 6 heteroatoms. The van der Waals surface area contributed by atoms with Crippen LogP contribution in [0.25, 0.3) is 11.3 Å². The molecule has 0 N–H and O–H groups in total. The van der Waals surface area contributed by atoms with Gasteiger partial charge < -0.3 is 9.47 Å². The van der Waals surface area contributed by atoms with Crippen LogP contribution in [0.5, 0.6) is 0 Å². The normalized spacial score (nSPS) is 16.9. The van der Waals surface area contributed by atoms with Crippen LogP contribution in [-0.4, -0.2) is 23.8 Å². The first-order chi connectivity index (χ1) is 11.9. The van der Waals surface area contributed by atoms with E-state index in [1.54, 1.807) is 11.1 Å². The van der Waals surface area contributed by atoms with E-state index < -0.39 is 11.7 Å². The van der Waals surface area contributed by atoms with E-state index in [0.29, 0.717) is 5.69 Å². The van der Waals surface area contributed by atoms with Gasteiger partial charge in [-0.25, -0.2) is 0 Å². The van der Waals surface area contributed by atoms with Gasteiger partial charge in [-0.05, 0) is 18.4 Å². The van der Waals surface area contributed by atoms with E-state index in [0.717, 1.165) is 29.8 Å². The SMILES string of the molecule is O=c1ccn2c(c1N1CC=C(C(F)(F)F)CC1)-c1ccccc1CC2. The Morgan fingerprint density at radius 1 is 1.00 bits per heavy atom. The van der Waals surface area contributed by atoms with Crippen LogP contribution in [0.1, 0.15) is 12.0 Å². The van der Waals surface area contributed by atoms with E-state index in [1.807, 2.05) is 28.8 Å². The van der Waals surface area contributed by atoms with Crippen molar-refractivity contribution in [2.24, 2.45) is 0 Å². The lowest BCUT2D eigenvalue weighted by molar-refractivity contribution is -0.0943. The first kappa shape index (κ1) is 16.0. The summed E-state index contributed by atoms with van der Waals surface area (Å²) < 4.78 is 40.6. The fourth-order valence-corrected chi connectivity index (χ4v) is 3.68. The lowest BCUT2D eigenvalue weighted by atomic mass is 9.95. The highest BCUT2D eigenvalue weighted by Crippen LogP contribution is 2.37. The molecule has 130 valence electrons. The summed E-state index contributed by atoms with van der Waals surface area (Å²) in [6.45, 7) is 1.06. The van der Waals surface area contributed by atoms with Crippen molar-refractivity contribution in [2.75, 3.05) is 18.0 Å². The summed E-state index contributed by atoms with van der Waals surface area (Å²) in [5, 5.41) is 0. The van der Waals surface area contributed by atoms with Gasteiger partial charge in [-0.3, -0.25) is 4.79 Å². The topological polar surface area (TPSA) is 25.2 Å². The first-order valence-electron chi connectivity index (χ1n) is 8.28. The van der Waals surface area contributed by atoms with E-state index >= 15 is 0 Å². The number of pyridine rings is 1. The minimum absolute atomic E-state index is 0.0983. The number of benzene rings is 1. The van der Waals surface area contributed by atoms with Crippen molar-refractivity contribution >= 4 is 5.69 Å². The summed E-state index contributed by atoms with van der Waals surface area (Å²) in [7, 11) is 0. The minimum Gasteiger partial charge on any atom is -0.363 e. The van der Waals surface area contributed by atoms with Gasteiger partial charge in [-0.2, -0.15) is 13.2 Å².